The monoisotopic (exact) mass is 329 g/mol. The molecule has 1 aromatic heterocycles. The van der Waals surface area contributed by atoms with Gasteiger partial charge in [0.2, 0.25) is 0 Å². The van der Waals surface area contributed by atoms with Crippen LogP contribution in [-0.4, -0.2) is 34.3 Å². The Morgan fingerprint density at radius 2 is 2.24 bits per heavy atom. The maximum atomic E-state index is 9.19. The molecule has 0 aliphatic carbocycles. The average molecular weight is 330 g/mol. The molecule has 21 heavy (non-hydrogen) atoms. The van der Waals surface area contributed by atoms with Gasteiger partial charge in [-0.1, -0.05) is 29.6 Å². The van der Waals surface area contributed by atoms with E-state index in [1.807, 2.05) is 0 Å². The largest absolute Gasteiger partial charge is 0.488 e. The van der Waals surface area contributed by atoms with Crippen LogP contribution in [0.5, 0.6) is 5.75 Å². The summed E-state index contributed by atoms with van der Waals surface area (Å²) >= 11 is 12.4. The SMILES string of the molecule is OCc1nc2cc(Cl)c(Cl)c(OCC3CCCCN3)c2[nH]1. The minimum Gasteiger partial charge on any atom is -0.488 e. The maximum Gasteiger partial charge on any atom is 0.165 e. The van der Waals surface area contributed by atoms with Crippen molar-refractivity contribution in [2.75, 3.05) is 13.2 Å². The summed E-state index contributed by atoms with van der Waals surface area (Å²) in [5.41, 5.74) is 1.31. The van der Waals surface area contributed by atoms with E-state index in [0.717, 1.165) is 13.0 Å². The molecule has 1 aliphatic heterocycles. The van der Waals surface area contributed by atoms with Crippen LogP contribution in [0.25, 0.3) is 11.0 Å². The van der Waals surface area contributed by atoms with E-state index in [-0.39, 0.29) is 6.61 Å². The number of aromatic amines is 1. The minimum absolute atomic E-state index is 0.173. The van der Waals surface area contributed by atoms with Gasteiger partial charge in [0.25, 0.3) is 0 Å². The molecule has 114 valence electrons. The molecule has 3 N–H and O–H groups in total. The van der Waals surface area contributed by atoms with E-state index in [4.69, 9.17) is 27.9 Å². The third-order valence-electron chi connectivity index (χ3n) is 3.67. The highest BCUT2D eigenvalue weighted by molar-refractivity contribution is 6.44. The molecule has 0 spiro atoms. The second-order valence-electron chi connectivity index (χ2n) is 5.20. The number of nitrogens with zero attached hydrogens (tertiary/aromatic N) is 1. The summed E-state index contributed by atoms with van der Waals surface area (Å²) in [7, 11) is 0. The lowest BCUT2D eigenvalue weighted by Gasteiger charge is -2.23. The molecule has 7 heteroatoms. The highest BCUT2D eigenvalue weighted by atomic mass is 35.5. The number of H-pyrrole nitrogens is 1. The zero-order chi connectivity index (χ0) is 14.8. The molecule has 2 heterocycles. The van der Waals surface area contributed by atoms with Crippen molar-refractivity contribution in [1.29, 1.82) is 0 Å². The first kappa shape index (κ1) is 14.9. The number of aromatic nitrogens is 2. The van der Waals surface area contributed by atoms with Gasteiger partial charge in [-0.05, 0) is 25.5 Å². The molecule has 1 aromatic carbocycles. The molecule has 1 atom stereocenters. The van der Waals surface area contributed by atoms with Gasteiger partial charge in [0.1, 0.15) is 29.6 Å². The van der Waals surface area contributed by atoms with Crippen LogP contribution < -0.4 is 10.1 Å². The lowest BCUT2D eigenvalue weighted by Crippen LogP contribution is -2.38. The number of nitrogens with one attached hydrogen (secondary N) is 2. The van der Waals surface area contributed by atoms with Gasteiger partial charge in [-0.2, -0.15) is 0 Å². The van der Waals surface area contributed by atoms with Crippen molar-refractivity contribution in [3.63, 3.8) is 0 Å². The Labute approximate surface area is 132 Å². The summed E-state index contributed by atoms with van der Waals surface area (Å²) in [6.45, 7) is 1.38. The second kappa shape index (κ2) is 6.40. The molecule has 3 rings (SSSR count). The van der Waals surface area contributed by atoms with Crippen molar-refractivity contribution in [3.8, 4) is 5.75 Å². The molecule has 0 saturated carbocycles. The van der Waals surface area contributed by atoms with Gasteiger partial charge >= 0.3 is 0 Å². The standard InChI is InChI=1S/C14H17Cl2N3O2/c15-9-5-10-13(19-11(6-20)18-10)14(12(9)16)21-7-8-3-1-2-4-17-8/h5,8,17,20H,1-4,6-7H2,(H,18,19). The fourth-order valence-electron chi connectivity index (χ4n) is 2.58. The number of piperidine rings is 1. The molecule has 1 unspecified atom stereocenters. The molecule has 2 aromatic rings. The summed E-state index contributed by atoms with van der Waals surface area (Å²) in [5.74, 6) is 0.961. The molecular weight excluding hydrogens is 313 g/mol. The van der Waals surface area contributed by atoms with Crippen LogP contribution in [0, 0.1) is 0 Å². The second-order valence-corrected chi connectivity index (χ2v) is 5.98. The van der Waals surface area contributed by atoms with E-state index >= 15 is 0 Å². The first-order valence-corrected chi connectivity index (χ1v) is 7.78. The fourth-order valence-corrected chi connectivity index (χ4v) is 2.97. The lowest BCUT2D eigenvalue weighted by molar-refractivity contribution is 0.241. The van der Waals surface area contributed by atoms with Gasteiger partial charge in [-0.25, -0.2) is 4.98 Å². The van der Waals surface area contributed by atoms with Crippen molar-refractivity contribution in [1.82, 2.24) is 15.3 Å². The van der Waals surface area contributed by atoms with Crippen LogP contribution in [0.3, 0.4) is 0 Å². The molecule has 0 amide bonds. The number of ether oxygens (including phenoxy) is 1. The van der Waals surface area contributed by atoms with Gasteiger partial charge in [-0.15, -0.1) is 0 Å². The molecule has 5 nitrogen and oxygen atoms in total. The highest BCUT2D eigenvalue weighted by Gasteiger charge is 2.19. The number of aliphatic hydroxyl groups is 1. The molecule has 0 bridgehead atoms. The van der Waals surface area contributed by atoms with Crippen LogP contribution in [0.4, 0.5) is 0 Å². The Bertz CT molecular complexity index is 639. The van der Waals surface area contributed by atoms with Gasteiger partial charge in [-0.3, -0.25) is 0 Å². The first-order chi connectivity index (χ1) is 10.2. The van der Waals surface area contributed by atoms with Gasteiger partial charge in [0.15, 0.2) is 5.75 Å². The number of rotatable bonds is 4. The first-order valence-electron chi connectivity index (χ1n) is 7.02. The van der Waals surface area contributed by atoms with Crippen molar-refractivity contribution >= 4 is 34.2 Å². The van der Waals surface area contributed by atoms with Gasteiger partial charge in [0, 0.05) is 6.04 Å². The average Bonchev–Trinajstić information content (AvgIpc) is 2.91. The van der Waals surface area contributed by atoms with Crippen molar-refractivity contribution in [2.24, 2.45) is 0 Å². The molecular formula is C14H17Cl2N3O2. The number of aliphatic hydroxyl groups excluding tert-OH is 1. The van der Waals surface area contributed by atoms with E-state index in [1.165, 1.54) is 12.8 Å². The maximum absolute atomic E-state index is 9.19. The number of imidazole rings is 1. The van der Waals surface area contributed by atoms with E-state index in [2.05, 4.69) is 15.3 Å². The van der Waals surface area contributed by atoms with E-state index < -0.39 is 0 Å². The van der Waals surface area contributed by atoms with Crippen molar-refractivity contribution < 1.29 is 9.84 Å². The third kappa shape index (κ3) is 3.11. The summed E-state index contributed by atoms with van der Waals surface area (Å²) in [4.78, 5) is 7.26. The summed E-state index contributed by atoms with van der Waals surface area (Å²) < 4.78 is 5.90. The van der Waals surface area contributed by atoms with Crippen LogP contribution in [-0.2, 0) is 6.61 Å². The number of benzene rings is 1. The summed E-state index contributed by atoms with van der Waals surface area (Å²) in [5, 5.41) is 13.4. The van der Waals surface area contributed by atoms with Gasteiger partial charge < -0.3 is 20.1 Å². The minimum atomic E-state index is -0.173. The summed E-state index contributed by atoms with van der Waals surface area (Å²) in [6, 6.07) is 1.99. The normalized spacial score (nSPS) is 19.1. The molecule has 1 saturated heterocycles. The third-order valence-corrected chi connectivity index (χ3v) is 4.44. The number of halogens is 2. The Morgan fingerprint density at radius 3 is 2.95 bits per heavy atom. The van der Waals surface area contributed by atoms with E-state index in [1.54, 1.807) is 6.07 Å². The summed E-state index contributed by atoms with van der Waals surface area (Å²) in [6.07, 6.45) is 3.50. The van der Waals surface area contributed by atoms with E-state index in [9.17, 15) is 5.11 Å². The smallest absolute Gasteiger partial charge is 0.165 e. The van der Waals surface area contributed by atoms with Crippen LogP contribution >= 0.6 is 23.2 Å². The number of hydrogen-bond donors (Lipinski definition) is 3. The number of hydrogen-bond acceptors (Lipinski definition) is 4. The quantitative estimate of drug-likeness (QED) is 0.806. The Morgan fingerprint density at radius 1 is 1.38 bits per heavy atom. The Balaban J connectivity index is 1.88. The Kier molecular flexibility index (Phi) is 4.54. The molecule has 0 radical (unpaired) electrons. The van der Waals surface area contributed by atoms with Gasteiger partial charge in [0.05, 0.1) is 10.5 Å². The lowest BCUT2D eigenvalue weighted by atomic mass is 10.1. The highest BCUT2D eigenvalue weighted by Crippen LogP contribution is 2.38. The Hall–Kier alpha value is -1.01. The van der Waals surface area contributed by atoms with Crippen LogP contribution in [0.15, 0.2) is 6.07 Å². The predicted molar refractivity (Wildman–Crippen MR) is 83.2 cm³/mol. The fraction of sp³-hybridized carbons (Fsp3) is 0.500. The number of fused-ring (bicyclic) bond motifs is 1. The van der Waals surface area contributed by atoms with Crippen molar-refractivity contribution in [2.45, 2.75) is 31.9 Å². The van der Waals surface area contributed by atoms with Crippen molar-refractivity contribution in [3.05, 3.63) is 21.9 Å². The van der Waals surface area contributed by atoms with E-state index in [0.29, 0.717) is 45.3 Å². The molecule has 1 aliphatic rings. The predicted octanol–water partition coefficient (Wildman–Crippen LogP) is 2.88. The van der Waals surface area contributed by atoms with Crippen LogP contribution in [0.2, 0.25) is 10.0 Å². The molecule has 1 fully saturated rings. The zero-order valence-corrected chi connectivity index (χ0v) is 13.0. The zero-order valence-electron chi connectivity index (χ0n) is 11.5. The topological polar surface area (TPSA) is 70.2 Å². The van der Waals surface area contributed by atoms with Crippen LogP contribution in [0.1, 0.15) is 25.1 Å².